The Labute approximate surface area is 107 Å². The molecular weight excluding hydrogens is 254 g/mol. The first kappa shape index (κ1) is 13.4. The Morgan fingerprint density at radius 3 is 2.94 bits per heavy atom. The highest BCUT2D eigenvalue weighted by Crippen LogP contribution is 2.23. The molecule has 102 valence electrons. The van der Waals surface area contributed by atoms with Crippen molar-refractivity contribution < 1.29 is 8.42 Å². The maximum absolute atomic E-state index is 12.0. The van der Waals surface area contributed by atoms with Crippen LogP contribution >= 0.6 is 0 Å². The lowest BCUT2D eigenvalue weighted by atomic mass is 10.0. The molecule has 8 heteroatoms. The van der Waals surface area contributed by atoms with Gasteiger partial charge >= 0.3 is 0 Å². The van der Waals surface area contributed by atoms with Gasteiger partial charge in [0.1, 0.15) is 0 Å². The van der Waals surface area contributed by atoms with E-state index >= 15 is 0 Å². The molecule has 0 bridgehead atoms. The molecule has 1 saturated heterocycles. The first-order chi connectivity index (χ1) is 8.53. The van der Waals surface area contributed by atoms with Gasteiger partial charge in [-0.2, -0.15) is 0 Å². The molecule has 2 atom stereocenters. The Morgan fingerprint density at radius 1 is 1.61 bits per heavy atom. The third-order valence-corrected chi connectivity index (χ3v) is 5.72. The number of hydrogen-bond donors (Lipinski definition) is 2. The summed E-state index contributed by atoms with van der Waals surface area (Å²) >= 11 is 0. The van der Waals surface area contributed by atoms with E-state index < -0.39 is 15.1 Å². The van der Waals surface area contributed by atoms with Crippen LogP contribution < -0.4 is 11.3 Å². The number of aromatic nitrogens is 3. The molecule has 0 amide bonds. The molecule has 0 aromatic carbocycles. The highest BCUT2D eigenvalue weighted by molar-refractivity contribution is 7.92. The van der Waals surface area contributed by atoms with E-state index in [9.17, 15) is 8.42 Å². The molecule has 7 nitrogen and oxygen atoms in total. The minimum atomic E-state index is -3.05. The second-order valence-electron chi connectivity index (χ2n) is 4.76. The van der Waals surface area contributed by atoms with E-state index in [0.29, 0.717) is 12.8 Å². The quantitative estimate of drug-likeness (QED) is 0.547. The average Bonchev–Trinajstić information content (AvgIpc) is 2.72. The van der Waals surface area contributed by atoms with Crippen molar-refractivity contribution in [2.45, 2.75) is 37.0 Å². The van der Waals surface area contributed by atoms with Gasteiger partial charge in [0.15, 0.2) is 9.84 Å². The number of nitrogens with one attached hydrogen (secondary N) is 1. The van der Waals surface area contributed by atoms with Gasteiger partial charge in [-0.1, -0.05) is 11.6 Å². The van der Waals surface area contributed by atoms with Crippen LogP contribution in [0.25, 0.3) is 0 Å². The molecule has 0 saturated carbocycles. The number of hydrogen-bond acceptors (Lipinski definition) is 6. The molecular formula is C10H19N5O2S. The summed E-state index contributed by atoms with van der Waals surface area (Å²) in [5.74, 6) is 5.77. The Morgan fingerprint density at radius 2 is 2.39 bits per heavy atom. The van der Waals surface area contributed by atoms with Crippen molar-refractivity contribution in [1.29, 1.82) is 0 Å². The van der Waals surface area contributed by atoms with Crippen molar-refractivity contribution in [3.63, 3.8) is 0 Å². The topological polar surface area (TPSA) is 103 Å². The van der Waals surface area contributed by atoms with Gasteiger partial charge in [0.25, 0.3) is 0 Å². The Bertz CT molecular complexity index is 498. The monoisotopic (exact) mass is 273 g/mol. The van der Waals surface area contributed by atoms with E-state index in [1.807, 2.05) is 0 Å². The minimum absolute atomic E-state index is 0.260. The van der Waals surface area contributed by atoms with Crippen LogP contribution in [0.2, 0.25) is 0 Å². The normalized spacial score (nSPS) is 24.9. The lowest BCUT2D eigenvalue weighted by Crippen LogP contribution is -2.50. The summed E-state index contributed by atoms with van der Waals surface area (Å²) in [7, 11) is -1.27. The molecule has 1 aromatic heterocycles. The Hall–Kier alpha value is -0.990. The summed E-state index contributed by atoms with van der Waals surface area (Å²) < 4.78 is 25.7. The van der Waals surface area contributed by atoms with E-state index in [1.165, 1.54) is 0 Å². The van der Waals surface area contributed by atoms with Gasteiger partial charge < -0.3 is 0 Å². The van der Waals surface area contributed by atoms with Crippen LogP contribution in [0.1, 0.15) is 25.0 Å². The zero-order chi connectivity index (χ0) is 13.2. The van der Waals surface area contributed by atoms with Crippen LogP contribution in [0, 0.1) is 0 Å². The van der Waals surface area contributed by atoms with Gasteiger partial charge in [-0.05, 0) is 12.8 Å². The zero-order valence-electron chi connectivity index (χ0n) is 10.4. The lowest BCUT2D eigenvalue weighted by molar-refractivity contribution is 0.438. The lowest BCUT2D eigenvalue weighted by Gasteiger charge is -2.29. The van der Waals surface area contributed by atoms with Crippen molar-refractivity contribution in [1.82, 2.24) is 20.4 Å². The largest absolute Gasteiger partial charge is 0.271 e. The van der Waals surface area contributed by atoms with Crippen molar-refractivity contribution in [3.05, 3.63) is 11.9 Å². The molecule has 1 aliphatic heterocycles. The number of nitrogens with zero attached hydrogens (tertiary/aromatic N) is 3. The second kappa shape index (κ2) is 5.33. The van der Waals surface area contributed by atoms with Crippen molar-refractivity contribution >= 4 is 9.84 Å². The number of hydrazine groups is 1. The summed E-state index contributed by atoms with van der Waals surface area (Å²) in [6.07, 6.45) is 4.61. The SMILES string of the molecule is Cn1cc(CC(NN)C2CCCCS2(=O)=O)nn1. The summed E-state index contributed by atoms with van der Waals surface area (Å²) in [6.45, 7) is 0. The Balaban J connectivity index is 2.12. The first-order valence-corrected chi connectivity index (χ1v) is 7.77. The third-order valence-electron chi connectivity index (χ3n) is 3.37. The van der Waals surface area contributed by atoms with Crippen LogP contribution in [-0.2, 0) is 23.3 Å². The van der Waals surface area contributed by atoms with Crippen LogP contribution in [0.4, 0.5) is 0 Å². The average molecular weight is 273 g/mol. The molecule has 2 unspecified atom stereocenters. The van der Waals surface area contributed by atoms with Crippen LogP contribution in [0.15, 0.2) is 6.20 Å². The fourth-order valence-electron chi connectivity index (χ4n) is 2.44. The van der Waals surface area contributed by atoms with Gasteiger partial charge in [-0.15, -0.1) is 5.10 Å². The summed E-state index contributed by atoms with van der Waals surface area (Å²) in [4.78, 5) is 0. The fourth-order valence-corrected chi connectivity index (χ4v) is 4.55. The van der Waals surface area contributed by atoms with E-state index in [2.05, 4.69) is 15.7 Å². The van der Waals surface area contributed by atoms with E-state index in [4.69, 9.17) is 5.84 Å². The number of aryl methyl sites for hydroxylation is 1. The fraction of sp³-hybridized carbons (Fsp3) is 0.800. The molecule has 2 heterocycles. The van der Waals surface area contributed by atoms with Gasteiger partial charge in [0.2, 0.25) is 0 Å². The maximum atomic E-state index is 12.0. The zero-order valence-corrected chi connectivity index (χ0v) is 11.2. The van der Waals surface area contributed by atoms with Crippen molar-refractivity contribution in [3.8, 4) is 0 Å². The maximum Gasteiger partial charge on any atom is 0.154 e. The van der Waals surface area contributed by atoms with Crippen LogP contribution in [-0.4, -0.2) is 40.5 Å². The number of sulfone groups is 1. The van der Waals surface area contributed by atoms with Crippen LogP contribution in [0.5, 0.6) is 0 Å². The summed E-state index contributed by atoms with van der Waals surface area (Å²) in [6, 6.07) is -0.299. The summed E-state index contributed by atoms with van der Waals surface area (Å²) in [5.41, 5.74) is 3.38. The van der Waals surface area contributed by atoms with Gasteiger partial charge in [0.05, 0.1) is 16.7 Å². The number of nitrogens with two attached hydrogens (primary N) is 1. The van der Waals surface area contributed by atoms with Gasteiger partial charge in [-0.3, -0.25) is 16.0 Å². The van der Waals surface area contributed by atoms with Crippen LogP contribution in [0.3, 0.4) is 0 Å². The summed E-state index contributed by atoms with van der Waals surface area (Å²) in [5, 5.41) is 7.38. The third kappa shape index (κ3) is 2.88. The molecule has 1 fully saturated rings. The smallest absolute Gasteiger partial charge is 0.154 e. The number of rotatable bonds is 4. The van der Waals surface area contributed by atoms with Gasteiger partial charge in [-0.25, -0.2) is 8.42 Å². The molecule has 3 N–H and O–H groups in total. The van der Waals surface area contributed by atoms with Crippen molar-refractivity contribution in [2.24, 2.45) is 12.9 Å². The molecule has 0 aliphatic carbocycles. The predicted octanol–water partition coefficient (Wildman–Crippen LogP) is -0.843. The second-order valence-corrected chi connectivity index (χ2v) is 7.10. The highest BCUT2D eigenvalue weighted by Gasteiger charge is 2.35. The molecule has 0 radical (unpaired) electrons. The standard InChI is InChI=1S/C10H19N5O2S/c1-15-7-8(13-14-15)6-9(12-11)10-4-2-3-5-18(10,16)17/h7,9-10,12H,2-6,11H2,1H3. The Kier molecular flexibility index (Phi) is 3.98. The molecule has 18 heavy (non-hydrogen) atoms. The molecule has 2 rings (SSSR count). The minimum Gasteiger partial charge on any atom is -0.271 e. The van der Waals surface area contributed by atoms with Crippen molar-refractivity contribution in [2.75, 3.05) is 5.75 Å². The molecule has 0 spiro atoms. The van der Waals surface area contributed by atoms with Gasteiger partial charge in [0, 0.05) is 25.7 Å². The first-order valence-electron chi connectivity index (χ1n) is 6.06. The van der Waals surface area contributed by atoms with E-state index in [1.54, 1.807) is 17.9 Å². The van der Waals surface area contributed by atoms with E-state index in [-0.39, 0.29) is 11.8 Å². The van der Waals surface area contributed by atoms with E-state index in [0.717, 1.165) is 18.5 Å². The predicted molar refractivity (Wildman–Crippen MR) is 67.2 cm³/mol. The highest BCUT2D eigenvalue weighted by atomic mass is 32.2. The molecule has 1 aromatic rings. The molecule has 1 aliphatic rings.